The number of aromatic hydroxyl groups is 1. The summed E-state index contributed by atoms with van der Waals surface area (Å²) in [6, 6.07) is 9.99. The van der Waals surface area contributed by atoms with Crippen LogP contribution in [0.2, 0.25) is 0 Å². The van der Waals surface area contributed by atoms with Crippen molar-refractivity contribution in [2.45, 2.75) is 19.3 Å². The summed E-state index contributed by atoms with van der Waals surface area (Å²) >= 11 is 0. The summed E-state index contributed by atoms with van der Waals surface area (Å²) in [6.07, 6.45) is 3.38. The van der Waals surface area contributed by atoms with E-state index in [4.69, 9.17) is 9.84 Å². The highest BCUT2D eigenvalue weighted by Gasteiger charge is 2.23. The molecule has 1 aromatic heterocycles. The van der Waals surface area contributed by atoms with Crippen LogP contribution in [-0.4, -0.2) is 58.8 Å². The van der Waals surface area contributed by atoms with E-state index in [1.165, 1.54) is 17.6 Å². The monoisotopic (exact) mass is 388 g/mol. The van der Waals surface area contributed by atoms with Crippen molar-refractivity contribution in [3.8, 4) is 5.75 Å². The number of carboxylic acid groups (broad SMARTS) is 1. The van der Waals surface area contributed by atoms with Gasteiger partial charge in [-0.25, -0.2) is 4.79 Å². The molecule has 0 aliphatic heterocycles. The number of aromatic amines is 1. The second-order valence-electron chi connectivity index (χ2n) is 6.29. The molecule has 0 aliphatic rings. The van der Waals surface area contributed by atoms with Crippen molar-refractivity contribution >= 4 is 11.9 Å². The number of carbonyl (C=O) groups is 2. The molecule has 150 valence electrons. The van der Waals surface area contributed by atoms with Crippen LogP contribution in [0.5, 0.6) is 5.75 Å². The van der Waals surface area contributed by atoms with Gasteiger partial charge in [0.1, 0.15) is 5.56 Å². The van der Waals surface area contributed by atoms with E-state index in [-0.39, 0.29) is 12.2 Å². The second kappa shape index (κ2) is 10.3. The number of aromatic carboxylic acids is 1. The molecule has 2 rings (SSSR count). The first-order valence-corrected chi connectivity index (χ1v) is 8.95. The highest BCUT2D eigenvalue weighted by atomic mass is 16.5. The van der Waals surface area contributed by atoms with Crippen molar-refractivity contribution in [3.05, 3.63) is 63.6 Å². The summed E-state index contributed by atoms with van der Waals surface area (Å²) in [6.45, 7) is 0.989. The molecule has 3 N–H and O–H groups in total. The van der Waals surface area contributed by atoms with Gasteiger partial charge in [-0.05, 0) is 24.8 Å². The molecule has 0 saturated heterocycles. The molecule has 0 bridgehead atoms. The Bertz CT molecular complexity index is 863. The lowest BCUT2D eigenvalue weighted by Crippen LogP contribution is -2.36. The van der Waals surface area contributed by atoms with E-state index in [1.807, 2.05) is 30.3 Å². The Balaban J connectivity index is 2.07. The Morgan fingerprint density at radius 1 is 1.14 bits per heavy atom. The van der Waals surface area contributed by atoms with Crippen LogP contribution in [0.4, 0.5) is 0 Å². The smallest absolute Gasteiger partial charge is 0.341 e. The quantitative estimate of drug-likeness (QED) is 0.535. The Labute approximate surface area is 162 Å². The third-order valence-corrected chi connectivity index (χ3v) is 4.34. The fourth-order valence-corrected chi connectivity index (χ4v) is 2.79. The van der Waals surface area contributed by atoms with Gasteiger partial charge in [-0.1, -0.05) is 30.3 Å². The number of rotatable bonds is 10. The van der Waals surface area contributed by atoms with Crippen molar-refractivity contribution in [3.63, 3.8) is 0 Å². The van der Waals surface area contributed by atoms with E-state index >= 15 is 0 Å². The normalized spacial score (nSPS) is 10.6. The van der Waals surface area contributed by atoms with Gasteiger partial charge in [-0.15, -0.1) is 0 Å². The van der Waals surface area contributed by atoms with Crippen molar-refractivity contribution in [1.82, 2.24) is 9.88 Å². The Kier molecular flexibility index (Phi) is 7.76. The molecule has 0 saturated carbocycles. The predicted octanol–water partition coefficient (Wildman–Crippen LogP) is 1.89. The fraction of sp³-hybridized carbons (Fsp3) is 0.350. The van der Waals surface area contributed by atoms with E-state index in [0.29, 0.717) is 13.2 Å². The molecule has 8 heteroatoms. The average Bonchev–Trinajstić information content (AvgIpc) is 2.69. The molecule has 1 heterocycles. The highest BCUT2D eigenvalue weighted by Crippen LogP contribution is 2.14. The lowest BCUT2D eigenvalue weighted by molar-refractivity contribution is 0.0671. The number of methoxy groups -OCH3 is 1. The topological polar surface area (TPSA) is 120 Å². The van der Waals surface area contributed by atoms with Gasteiger partial charge in [-0.3, -0.25) is 9.59 Å². The van der Waals surface area contributed by atoms with Crippen molar-refractivity contribution in [2.75, 3.05) is 26.8 Å². The number of amides is 1. The van der Waals surface area contributed by atoms with Gasteiger partial charge >= 0.3 is 5.97 Å². The maximum Gasteiger partial charge on any atom is 0.341 e. The molecule has 0 spiro atoms. The van der Waals surface area contributed by atoms with E-state index < -0.39 is 28.6 Å². The molecule has 1 aromatic carbocycles. The number of aryl methyl sites for hydroxylation is 1. The molecule has 0 unspecified atom stereocenters. The molecule has 0 aliphatic carbocycles. The van der Waals surface area contributed by atoms with Gasteiger partial charge in [0.2, 0.25) is 5.43 Å². The number of pyridine rings is 1. The number of nitrogens with one attached hydrogen (secondary N) is 1. The van der Waals surface area contributed by atoms with Crippen LogP contribution >= 0.6 is 0 Å². The van der Waals surface area contributed by atoms with Gasteiger partial charge in [0.05, 0.1) is 6.61 Å². The summed E-state index contributed by atoms with van der Waals surface area (Å²) in [5, 5.41) is 18.9. The number of unbranched alkanes of at least 4 members (excludes halogenated alkanes) is 1. The number of ether oxygens (including phenoxy) is 1. The summed E-state index contributed by atoms with van der Waals surface area (Å²) in [4.78, 5) is 39.6. The lowest BCUT2D eigenvalue weighted by Gasteiger charge is -2.22. The maximum atomic E-state index is 12.8. The molecule has 0 radical (unpaired) electrons. The number of hydrogen-bond donors (Lipinski definition) is 3. The van der Waals surface area contributed by atoms with E-state index in [1.54, 1.807) is 0 Å². The Morgan fingerprint density at radius 2 is 1.86 bits per heavy atom. The SMILES string of the molecule is COCCN(CCCCc1ccccc1)C(=O)c1[nH]cc(C(=O)O)c(=O)c1O. The fourth-order valence-electron chi connectivity index (χ4n) is 2.79. The van der Waals surface area contributed by atoms with Crippen molar-refractivity contribution in [1.29, 1.82) is 0 Å². The summed E-state index contributed by atoms with van der Waals surface area (Å²) in [5.74, 6) is -2.95. The molecule has 1 amide bonds. The number of H-pyrrole nitrogens is 1. The standard InChI is InChI=1S/C20H24N2O6/c1-28-12-11-22(10-6-5-9-14-7-3-2-4-8-14)19(25)16-18(24)17(23)15(13-21-16)20(26)27/h2-4,7-8,13,24H,5-6,9-12H2,1H3,(H,21,23)(H,26,27). The highest BCUT2D eigenvalue weighted by molar-refractivity contribution is 5.96. The second-order valence-corrected chi connectivity index (χ2v) is 6.29. The largest absolute Gasteiger partial charge is 0.503 e. The summed E-state index contributed by atoms with van der Waals surface area (Å²) in [7, 11) is 1.51. The van der Waals surface area contributed by atoms with E-state index in [2.05, 4.69) is 4.98 Å². The molecule has 28 heavy (non-hydrogen) atoms. The van der Waals surface area contributed by atoms with Crippen molar-refractivity contribution < 1.29 is 24.5 Å². The van der Waals surface area contributed by atoms with Gasteiger partial charge in [0, 0.05) is 26.4 Å². The van der Waals surface area contributed by atoms with Gasteiger partial charge in [0.25, 0.3) is 5.91 Å². The van der Waals surface area contributed by atoms with Crippen LogP contribution in [0.3, 0.4) is 0 Å². The number of carbonyl (C=O) groups excluding carboxylic acids is 1. The van der Waals surface area contributed by atoms with Crippen LogP contribution in [0, 0.1) is 0 Å². The van der Waals surface area contributed by atoms with Crippen LogP contribution in [0.15, 0.2) is 41.3 Å². The van der Waals surface area contributed by atoms with Gasteiger partial charge < -0.3 is 24.8 Å². The predicted molar refractivity (Wildman–Crippen MR) is 103 cm³/mol. The number of aromatic nitrogens is 1. The molecule has 0 atom stereocenters. The first-order valence-electron chi connectivity index (χ1n) is 8.95. The van der Waals surface area contributed by atoms with E-state index in [0.717, 1.165) is 25.5 Å². The minimum absolute atomic E-state index is 0.281. The van der Waals surface area contributed by atoms with Crippen LogP contribution in [-0.2, 0) is 11.2 Å². The third-order valence-electron chi connectivity index (χ3n) is 4.34. The number of hydrogen-bond acceptors (Lipinski definition) is 5. The number of nitrogens with zero attached hydrogens (tertiary/aromatic N) is 1. The van der Waals surface area contributed by atoms with Crippen LogP contribution in [0.25, 0.3) is 0 Å². The Morgan fingerprint density at radius 3 is 2.50 bits per heavy atom. The molecule has 8 nitrogen and oxygen atoms in total. The number of benzene rings is 1. The zero-order chi connectivity index (χ0) is 20.5. The van der Waals surface area contributed by atoms with Gasteiger partial charge in [0.15, 0.2) is 11.4 Å². The van der Waals surface area contributed by atoms with Crippen LogP contribution in [0.1, 0.15) is 39.3 Å². The lowest BCUT2D eigenvalue weighted by atomic mass is 10.1. The first kappa shape index (κ1) is 21.2. The van der Waals surface area contributed by atoms with Crippen LogP contribution < -0.4 is 5.43 Å². The summed E-state index contributed by atoms with van der Waals surface area (Å²) < 4.78 is 5.03. The Hall–Kier alpha value is -3.13. The molecular weight excluding hydrogens is 364 g/mol. The van der Waals surface area contributed by atoms with Gasteiger partial charge in [-0.2, -0.15) is 0 Å². The zero-order valence-corrected chi connectivity index (χ0v) is 15.7. The minimum Gasteiger partial charge on any atom is -0.503 e. The van der Waals surface area contributed by atoms with E-state index in [9.17, 15) is 19.5 Å². The molecular formula is C20H24N2O6. The number of carboxylic acids is 1. The molecule has 0 fully saturated rings. The maximum absolute atomic E-state index is 12.8. The van der Waals surface area contributed by atoms with Crippen molar-refractivity contribution in [2.24, 2.45) is 0 Å². The third kappa shape index (κ3) is 5.43. The molecule has 2 aromatic rings. The zero-order valence-electron chi connectivity index (χ0n) is 15.7. The minimum atomic E-state index is -1.48. The first-order chi connectivity index (χ1) is 13.5. The summed E-state index contributed by atoms with van der Waals surface area (Å²) in [5.41, 5.74) is -0.830. The average molecular weight is 388 g/mol.